The summed E-state index contributed by atoms with van der Waals surface area (Å²) in [5.74, 6) is 0. The number of nitrogens with zero attached hydrogens (tertiary/aromatic N) is 1. The number of ether oxygens (including phenoxy) is 2. The van der Waals surface area contributed by atoms with Crippen molar-refractivity contribution in [2.24, 2.45) is 0 Å². The van der Waals surface area contributed by atoms with Gasteiger partial charge in [0.15, 0.2) is 0 Å². The zero-order chi connectivity index (χ0) is 23.0. The lowest BCUT2D eigenvalue weighted by Gasteiger charge is -2.23. The van der Waals surface area contributed by atoms with E-state index in [4.69, 9.17) is 9.47 Å². The van der Waals surface area contributed by atoms with Crippen molar-refractivity contribution in [1.29, 1.82) is 0 Å². The molecule has 0 aliphatic heterocycles. The van der Waals surface area contributed by atoms with Crippen LogP contribution in [0, 0.1) is 0 Å². The monoisotopic (exact) mass is 444 g/mol. The van der Waals surface area contributed by atoms with Gasteiger partial charge in [-0.05, 0) is 6.42 Å². The normalized spacial score (nSPS) is 13.1. The van der Waals surface area contributed by atoms with Crippen LogP contribution in [0.5, 0.6) is 0 Å². The van der Waals surface area contributed by atoms with Crippen molar-refractivity contribution in [1.82, 2.24) is 0 Å². The van der Waals surface area contributed by atoms with E-state index < -0.39 is 6.10 Å². The molecule has 0 radical (unpaired) electrons. The fourth-order valence-electron chi connectivity index (χ4n) is 3.88. The minimum absolute atomic E-state index is 0.385. The number of hydrogen-bond donors (Lipinski definition) is 1. The molecule has 0 fully saturated rings. The van der Waals surface area contributed by atoms with Gasteiger partial charge >= 0.3 is 0 Å². The molecule has 188 valence electrons. The quantitative estimate of drug-likeness (QED) is 0.125. The van der Waals surface area contributed by atoms with Gasteiger partial charge in [-0.25, -0.2) is 0 Å². The highest BCUT2D eigenvalue weighted by molar-refractivity contribution is 4.53. The highest BCUT2D eigenvalue weighted by Crippen LogP contribution is 2.13. The van der Waals surface area contributed by atoms with E-state index in [9.17, 15) is 5.11 Å². The number of quaternary nitrogens is 1. The molecule has 1 unspecified atom stereocenters. The van der Waals surface area contributed by atoms with Gasteiger partial charge in [0.05, 0.1) is 47.5 Å². The van der Waals surface area contributed by atoms with E-state index >= 15 is 0 Å². The fraction of sp³-hybridized carbons (Fsp3) is 1.00. The summed E-state index contributed by atoms with van der Waals surface area (Å²) < 4.78 is 12.1. The first-order valence-electron chi connectivity index (χ1n) is 13.6. The third-order valence-corrected chi connectivity index (χ3v) is 5.88. The summed E-state index contributed by atoms with van der Waals surface area (Å²) in [5, 5.41) is 9.89. The molecule has 0 rings (SSSR count). The van der Waals surface area contributed by atoms with Crippen molar-refractivity contribution in [2.75, 3.05) is 54.1 Å². The molecule has 4 nitrogen and oxygen atoms in total. The van der Waals surface area contributed by atoms with E-state index in [0.29, 0.717) is 19.8 Å². The van der Waals surface area contributed by atoms with Crippen LogP contribution in [-0.2, 0) is 9.47 Å². The first-order valence-corrected chi connectivity index (χ1v) is 13.6. The molecular weight excluding hydrogens is 386 g/mol. The predicted molar refractivity (Wildman–Crippen MR) is 135 cm³/mol. The van der Waals surface area contributed by atoms with Gasteiger partial charge in [0.1, 0.15) is 6.10 Å². The molecular formula is C27H58NO3+. The highest BCUT2D eigenvalue weighted by Gasteiger charge is 2.07. The predicted octanol–water partition coefficient (Wildman–Crippen LogP) is 6.74. The number of aliphatic hydroxyl groups is 1. The zero-order valence-corrected chi connectivity index (χ0v) is 21.8. The molecule has 0 heterocycles. The van der Waals surface area contributed by atoms with Gasteiger partial charge in [-0.1, -0.05) is 103 Å². The molecule has 31 heavy (non-hydrogen) atoms. The Hall–Kier alpha value is -0.160. The van der Waals surface area contributed by atoms with Crippen LogP contribution in [0.3, 0.4) is 0 Å². The first-order chi connectivity index (χ1) is 15.0. The molecule has 0 aromatic heterocycles. The van der Waals surface area contributed by atoms with Crippen molar-refractivity contribution in [2.45, 2.75) is 122 Å². The van der Waals surface area contributed by atoms with Crippen molar-refractivity contribution in [3.8, 4) is 0 Å². The van der Waals surface area contributed by atoms with Gasteiger partial charge in [-0.3, -0.25) is 0 Å². The summed E-state index contributed by atoms with van der Waals surface area (Å²) in [5.41, 5.74) is 0. The molecule has 0 spiro atoms. The summed E-state index contributed by atoms with van der Waals surface area (Å²) in [6.45, 7) is 5.63. The van der Waals surface area contributed by atoms with Gasteiger partial charge in [0.25, 0.3) is 0 Å². The molecule has 0 aliphatic rings. The molecule has 0 aromatic rings. The van der Waals surface area contributed by atoms with E-state index in [-0.39, 0.29) is 0 Å². The van der Waals surface area contributed by atoms with Crippen LogP contribution >= 0.6 is 0 Å². The lowest BCUT2D eigenvalue weighted by atomic mass is 10.0. The fourth-order valence-corrected chi connectivity index (χ4v) is 3.88. The Morgan fingerprint density at radius 3 is 1.29 bits per heavy atom. The summed E-state index contributed by atoms with van der Waals surface area (Å²) >= 11 is 0. The molecule has 1 N–H and O–H groups in total. The summed E-state index contributed by atoms with van der Waals surface area (Å²) in [4.78, 5) is 0. The second kappa shape index (κ2) is 23.0. The van der Waals surface area contributed by atoms with Gasteiger partial charge in [0, 0.05) is 13.0 Å². The molecule has 4 heteroatoms. The maximum absolute atomic E-state index is 9.89. The summed E-state index contributed by atoms with van der Waals surface area (Å²) in [6.07, 6.45) is 22.7. The van der Waals surface area contributed by atoms with E-state index in [0.717, 1.165) is 30.5 Å². The van der Waals surface area contributed by atoms with Crippen LogP contribution in [0.25, 0.3) is 0 Å². The average Bonchev–Trinajstić information content (AvgIpc) is 2.71. The van der Waals surface area contributed by atoms with Crippen LogP contribution in [-0.4, -0.2) is 69.8 Å². The number of hydrogen-bond acceptors (Lipinski definition) is 3. The average molecular weight is 445 g/mol. The van der Waals surface area contributed by atoms with Crippen molar-refractivity contribution >= 4 is 0 Å². The van der Waals surface area contributed by atoms with Crippen LogP contribution in [0.4, 0.5) is 0 Å². The SMILES string of the molecule is CCCCCCCCCCCCCCCCCCOCC(O)COCCC[N+](C)(C)C. The Kier molecular flexibility index (Phi) is 22.9. The van der Waals surface area contributed by atoms with Gasteiger partial charge in [-0.15, -0.1) is 0 Å². The Balaban J connectivity index is 3.14. The molecule has 0 aliphatic carbocycles. The lowest BCUT2D eigenvalue weighted by molar-refractivity contribution is -0.870. The van der Waals surface area contributed by atoms with Crippen molar-refractivity contribution in [3.63, 3.8) is 0 Å². The van der Waals surface area contributed by atoms with E-state index in [1.807, 2.05) is 0 Å². The highest BCUT2D eigenvalue weighted by atomic mass is 16.5. The van der Waals surface area contributed by atoms with Crippen LogP contribution in [0.15, 0.2) is 0 Å². The Morgan fingerprint density at radius 2 is 0.903 bits per heavy atom. The maximum atomic E-state index is 9.89. The Labute approximate surface area is 195 Å². The molecule has 1 atom stereocenters. The smallest absolute Gasteiger partial charge is 0.101 e. The third kappa shape index (κ3) is 27.8. The maximum Gasteiger partial charge on any atom is 0.101 e. The molecule has 0 amide bonds. The van der Waals surface area contributed by atoms with Gasteiger partial charge in [-0.2, -0.15) is 0 Å². The lowest BCUT2D eigenvalue weighted by Crippen LogP contribution is -2.36. The summed E-state index contributed by atoms with van der Waals surface area (Å²) in [7, 11) is 6.55. The minimum Gasteiger partial charge on any atom is -0.388 e. The standard InChI is InChI=1S/C27H58NO3/c1-5-6-7-8-9-10-11-12-13-14-15-16-17-18-19-20-23-30-25-27(29)26-31-24-21-22-28(2,3)4/h27,29H,5-26H2,1-4H3/q+1. The second-order valence-electron chi connectivity index (χ2n) is 10.5. The largest absolute Gasteiger partial charge is 0.388 e. The van der Waals surface area contributed by atoms with Crippen molar-refractivity contribution in [3.05, 3.63) is 0 Å². The molecule has 0 saturated carbocycles. The van der Waals surface area contributed by atoms with Crippen LogP contribution in [0.1, 0.15) is 116 Å². The summed E-state index contributed by atoms with van der Waals surface area (Å²) in [6, 6.07) is 0. The second-order valence-corrected chi connectivity index (χ2v) is 10.5. The van der Waals surface area contributed by atoms with Crippen LogP contribution in [0.2, 0.25) is 0 Å². The Morgan fingerprint density at radius 1 is 0.548 bits per heavy atom. The molecule has 0 saturated heterocycles. The number of rotatable bonds is 25. The van der Waals surface area contributed by atoms with Crippen LogP contribution < -0.4 is 0 Å². The van der Waals surface area contributed by atoms with E-state index in [1.54, 1.807) is 0 Å². The van der Waals surface area contributed by atoms with E-state index in [1.165, 1.54) is 96.3 Å². The third-order valence-electron chi connectivity index (χ3n) is 5.88. The Bertz CT molecular complexity index is 344. The first kappa shape index (κ1) is 30.8. The zero-order valence-electron chi connectivity index (χ0n) is 21.8. The molecule has 0 bridgehead atoms. The minimum atomic E-state index is -0.495. The van der Waals surface area contributed by atoms with E-state index in [2.05, 4.69) is 28.1 Å². The van der Waals surface area contributed by atoms with Gasteiger partial charge in [0.2, 0.25) is 0 Å². The topological polar surface area (TPSA) is 38.7 Å². The van der Waals surface area contributed by atoms with Crippen molar-refractivity contribution < 1.29 is 19.1 Å². The van der Waals surface area contributed by atoms with Gasteiger partial charge < -0.3 is 19.1 Å². The molecule has 0 aromatic carbocycles. The number of aliphatic hydroxyl groups excluding tert-OH is 1. The number of unbranched alkanes of at least 4 members (excludes halogenated alkanes) is 15.